The number of aryl methyl sites for hydroxylation is 1. The highest BCUT2D eigenvalue weighted by Crippen LogP contribution is 2.20. The van der Waals surface area contributed by atoms with Crippen LogP contribution in [0.3, 0.4) is 0 Å². The van der Waals surface area contributed by atoms with Gasteiger partial charge in [-0.2, -0.15) is 4.98 Å². The molecule has 0 bridgehead atoms. The van der Waals surface area contributed by atoms with Gasteiger partial charge in [0.15, 0.2) is 0 Å². The van der Waals surface area contributed by atoms with Crippen LogP contribution in [-0.4, -0.2) is 21.4 Å². The van der Waals surface area contributed by atoms with Gasteiger partial charge in [-0.25, -0.2) is 0 Å². The molecule has 2 aromatic rings. The Morgan fingerprint density at radius 2 is 2.00 bits per heavy atom. The van der Waals surface area contributed by atoms with Crippen molar-refractivity contribution in [2.45, 2.75) is 33.3 Å². The van der Waals surface area contributed by atoms with E-state index < -0.39 is 6.10 Å². The van der Waals surface area contributed by atoms with Gasteiger partial charge >= 0.3 is 0 Å². The molecule has 2 rings (SSSR count). The van der Waals surface area contributed by atoms with Crippen LogP contribution in [0.1, 0.15) is 25.3 Å². The van der Waals surface area contributed by atoms with Gasteiger partial charge in [0.2, 0.25) is 11.7 Å². The Kier molecular flexibility index (Phi) is 3.77. The molecule has 0 fully saturated rings. The molecule has 0 radical (unpaired) electrons. The molecule has 0 aliphatic rings. The summed E-state index contributed by atoms with van der Waals surface area (Å²) in [6.45, 7) is 5.93. The van der Waals surface area contributed by atoms with Crippen molar-refractivity contribution in [2.24, 2.45) is 5.92 Å². The molecule has 18 heavy (non-hydrogen) atoms. The summed E-state index contributed by atoms with van der Waals surface area (Å²) in [5, 5.41) is 13.7. The van der Waals surface area contributed by atoms with Crippen molar-refractivity contribution in [3.8, 4) is 11.4 Å². The second-order valence-corrected chi connectivity index (χ2v) is 4.84. The average Bonchev–Trinajstić information content (AvgIpc) is 2.77. The van der Waals surface area contributed by atoms with Crippen LogP contribution in [0.25, 0.3) is 11.4 Å². The van der Waals surface area contributed by atoms with Crippen molar-refractivity contribution in [1.29, 1.82) is 0 Å². The number of aliphatic hydroxyl groups is 1. The van der Waals surface area contributed by atoms with Crippen LogP contribution in [0.5, 0.6) is 0 Å². The minimum absolute atomic E-state index is 0.179. The molecule has 1 unspecified atom stereocenters. The lowest BCUT2D eigenvalue weighted by molar-refractivity contribution is 0.116. The van der Waals surface area contributed by atoms with Crippen LogP contribution >= 0.6 is 0 Å². The predicted molar refractivity (Wildman–Crippen MR) is 69.0 cm³/mol. The van der Waals surface area contributed by atoms with E-state index in [9.17, 15) is 5.11 Å². The van der Waals surface area contributed by atoms with Gasteiger partial charge in [-0.15, -0.1) is 0 Å². The largest absolute Gasteiger partial charge is 0.392 e. The van der Waals surface area contributed by atoms with Crippen molar-refractivity contribution in [3.63, 3.8) is 0 Å². The minimum Gasteiger partial charge on any atom is -0.392 e. The summed E-state index contributed by atoms with van der Waals surface area (Å²) in [6, 6.07) is 7.89. The molecule has 0 aliphatic heterocycles. The molecule has 1 N–H and O–H groups in total. The van der Waals surface area contributed by atoms with Gasteiger partial charge in [-0.3, -0.25) is 0 Å². The van der Waals surface area contributed by atoms with Gasteiger partial charge in [-0.05, 0) is 18.4 Å². The van der Waals surface area contributed by atoms with Gasteiger partial charge in [0.05, 0.1) is 12.5 Å². The number of rotatable bonds is 4. The molecular formula is C14H18N2O2. The zero-order chi connectivity index (χ0) is 13.1. The van der Waals surface area contributed by atoms with Crippen molar-refractivity contribution >= 4 is 0 Å². The van der Waals surface area contributed by atoms with E-state index in [-0.39, 0.29) is 5.92 Å². The molecule has 1 aromatic carbocycles. The third-order valence-corrected chi connectivity index (χ3v) is 3.01. The maximum absolute atomic E-state index is 9.79. The van der Waals surface area contributed by atoms with Gasteiger partial charge < -0.3 is 9.63 Å². The Labute approximate surface area is 107 Å². The molecule has 4 nitrogen and oxygen atoms in total. The number of hydrogen-bond donors (Lipinski definition) is 1. The molecule has 4 heteroatoms. The van der Waals surface area contributed by atoms with Crippen molar-refractivity contribution < 1.29 is 9.63 Å². The SMILES string of the molecule is Cc1ccccc1-c1noc(CC(O)C(C)C)n1. The van der Waals surface area contributed by atoms with Crippen LogP contribution in [0.15, 0.2) is 28.8 Å². The second-order valence-electron chi connectivity index (χ2n) is 4.84. The lowest BCUT2D eigenvalue weighted by Crippen LogP contribution is -2.17. The summed E-state index contributed by atoms with van der Waals surface area (Å²) in [6.07, 6.45) is -0.0496. The summed E-state index contributed by atoms with van der Waals surface area (Å²) in [7, 11) is 0. The van der Waals surface area contributed by atoms with Gasteiger partial charge in [0, 0.05) is 5.56 Å². The minimum atomic E-state index is -0.449. The first kappa shape index (κ1) is 12.8. The summed E-state index contributed by atoms with van der Waals surface area (Å²) < 4.78 is 5.17. The summed E-state index contributed by atoms with van der Waals surface area (Å²) in [5.41, 5.74) is 2.07. The number of aliphatic hydroxyl groups excluding tert-OH is 1. The fourth-order valence-electron chi connectivity index (χ4n) is 1.69. The highest BCUT2D eigenvalue weighted by atomic mass is 16.5. The van der Waals surface area contributed by atoms with Crippen LogP contribution in [0, 0.1) is 12.8 Å². The number of nitrogens with zero attached hydrogens (tertiary/aromatic N) is 2. The third-order valence-electron chi connectivity index (χ3n) is 3.01. The molecule has 0 spiro atoms. The molecule has 0 amide bonds. The highest BCUT2D eigenvalue weighted by Gasteiger charge is 2.16. The van der Waals surface area contributed by atoms with Crippen LogP contribution in [-0.2, 0) is 6.42 Å². The molecule has 0 saturated carbocycles. The first-order valence-electron chi connectivity index (χ1n) is 6.14. The molecule has 1 heterocycles. The zero-order valence-electron chi connectivity index (χ0n) is 10.9. The Morgan fingerprint density at radius 1 is 1.28 bits per heavy atom. The molecular weight excluding hydrogens is 228 g/mol. The molecule has 1 aromatic heterocycles. The standard InChI is InChI=1S/C14H18N2O2/c1-9(2)12(17)8-13-15-14(16-18-13)11-7-5-4-6-10(11)3/h4-7,9,12,17H,8H2,1-3H3. The normalized spacial score (nSPS) is 12.9. The van der Waals surface area contributed by atoms with Crippen molar-refractivity contribution in [1.82, 2.24) is 10.1 Å². The maximum atomic E-state index is 9.79. The lowest BCUT2D eigenvalue weighted by atomic mass is 10.0. The van der Waals surface area contributed by atoms with E-state index >= 15 is 0 Å². The fourth-order valence-corrected chi connectivity index (χ4v) is 1.69. The Morgan fingerprint density at radius 3 is 2.67 bits per heavy atom. The van der Waals surface area contributed by atoms with Crippen LogP contribution in [0.4, 0.5) is 0 Å². The Balaban J connectivity index is 2.18. The van der Waals surface area contributed by atoms with Crippen molar-refractivity contribution in [3.05, 3.63) is 35.7 Å². The van der Waals surface area contributed by atoms with E-state index in [1.165, 1.54) is 0 Å². The smallest absolute Gasteiger partial charge is 0.229 e. The van der Waals surface area contributed by atoms with E-state index in [2.05, 4.69) is 10.1 Å². The molecule has 0 aliphatic carbocycles. The zero-order valence-corrected chi connectivity index (χ0v) is 10.9. The predicted octanol–water partition coefficient (Wildman–Crippen LogP) is 2.60. The number of aromatic nitrogens is 2. The second kappa shape index (κ2) is 5.31. The van der Waals surface area contributed by atoms with E-state index in [1.807, 2.05) is 45.0 Å². The van der Waals surface area contributed by atoms with Gasteiger partial charge in [0.1, 0.15) is 0 Å². The van der Waals surface area contributed by atoms with E-state index in [1.54, 1.807) is 0 Å². The van der Waals surface area contributed by atoms with E-state index in [0.29, 0.717) is 18.1 Å². The summed E-state index contributed by atoms with van der Waals surface area (Å²) >= 11 is 0. The molecule has 0 saturated heterocycles. The summed E-state index contributed by atoms with van der Waals surface area (Å²) in [5.74, 6) is 1.24. The van der Waals surface area contributed by atoms with E-state index in [0.717, 1.165) is 11.1 Å². The van der Waals surface area contributed by atoms with Gasteiger partial charge in [-0.1, -0.05) is 43.3 Å². The summed E-state index contributed by atoms with van der Waals surface area (Å²) in [4.78, 5) is 4.33. The number of hydrogen-bond acceptors (Lipinski definition) is 4. The first-order chi connectivity index (χ1) is 8.58. The Hall–Kier alpha value is -1.68. The van der Waals surface area contributed by atoms with E-state index in [4.69, 9.17) is 4.52 Å². The highest BCUT2D eigenvalue weighted by molar-refractivity contribution is 5.58. The fraction of sp³-hybridized carbons (Fsp3) is 0.429. The number of benzene rings is 1. The monoisotopic (exact) mass is 246 g/mol. The molecule has 1 atom stereocenters. The Bertz CT molecular complexity index is 520. The average molecular weight is 246 g/mol. The third kappa shape index (κ3) is 2.76. The maximum Gasteiger partial charge on any atom is 0.229 e. The first-order valence-corrected chi connectivity index (χ1v) is 6.14. The van der Waals surface area contributed by atoms with Crippen LogP contribution in [0.2, 0.25) is 0 Å². The van der Waals surface area contributed by atoms with Gasteiger partial charge in [0.25, 0.3) is 0 Å². The molecule has 96 valence electrons. The topological polar surface area (TPSA) is 59.2 Å². The quantitative estimate of drug-likeness (QED) is 0.900. The lowest BCUT2D eigenvalue weighted by Gasteiger charge is -2.10. The van der Waals surface area contributed by atoms with Crippen LogP contribution < -0.4 is 0 Å². The van der Waals surface area contributed by atoms with Crippen molar-refractivity contribution in [2.75, 3.05) is 0 Å².